The van der Waals surface area contributed by atoms with Crippen molar-refractivity contribution in [3.8, 4) is 5.75 Å². The summed E-state index contributed by atoms with van der Waals surface area (Å²) in [5, 5.41) is 19.1. The van der Waals surface area contributed by atoms with Crippen LogP contribution in [0.15, 0.2) is 48.7 Å². The molecule has 1 aromatic carbocycles. The van der Waals surface area contributed by atoms with E-state index in [1.165, 1.54) is 24.3 Å². The lowest BCUT2D eigenvalue weighted by Gasteiger charge is -2.70. The van der Waals surface area contributed by atoms with E-state index in [1.807, 2.05) is 79.1 Å². The van der Waals surface area contributed by atoms with E-state index in [2.05, 4.69) is 10.3 Å². The molecule has 1 N–H and O–H groups in total. The second-order valence-electron chi connectivity index (χ2n) is 18.6. The molecule has 0 saturated heterocycles. The number of nitrogens with one attached hydrogen (secondary N) is 1. The standard InChI is InChI=1S/C41H54N6O9/c1-37(2,3)46-33(22-32(44-46)26-10-13-31(20-26)54-36(50)53-30-14-11-28(12-15-30)47(51)52)45(35(49)56-39(7,8)9)29-17-19-42-27(21-29)16-18-40-23-41(24-40,25-40)43-34(48)55-38(4,5)6/h11-12,14-15,17,19,21-22,26,31H,10,13,16,18,20,23-25H2,1-9H3,(H,43,48)/t26-,31+,40?,41?/m0/s1. The Morgan fingerprint density at radius 2 is 1.61 bits per heavy atom. The SMILES string of the molecule is CC(C)(C)OC(=O)NC12CC(CCc3cc(N(C(=O)OC(C)(C)C)c4cc([C@H]5CC[C@@H](OC(=O)Oc6ccc([N+](=O)[O-])cc6)C5)nn4C(C)(C)C)ccn3)(C1)C2. The topological polar surface area (TPSA) is 177 Å². The number of rotatable bonds is 10. The van der Waals surface area contributed by atoms with Gasteiger partial charge in [0.05, 0.1) is 21.8 Å². The van der Waals surface area contributed by atoms with E-state index in [1.54, 1.807) is 17.2 Å². The Hall–Kier alpha value is -5.21. The first-order valence-corrected chi connectivity index (χ1v) is 19.2. The molecule has 2 atom stereocenters. The van der Waals surface area contributed by atoms with Crippen molar-refractivity contribution in [2.24, 2.45) is 5.41 Å². The van der Waals surface area contributed by atoms with Crippen LogP contribution in [0.5, 0.6) is 5.75 Å². The first-order valence-electron chi connectivity index (χ1n) is 19.2. The summed E-state index contributed by atoms with van der Waals surface area (Å²) in [5.74, 6) is 0.616. The molecule has 56 heavy (non-hydrogen) atoms. The van der Waals surface area contributed by atoms with Gasteiger partial charge in [0.15, 0.2) is 0 Å². The van der Waals surface area contributed by atoms with Gasteiger partial charge in [0, 0.05) is 41.5 Å². The lowest BCUT2D eigenvalue weighted by atomic mass is 9.38. The predicted octanol–water partition coefficient (Wildman–Crippen LogP) is 9.25. The zero-order valence-corrected chi connectivity index (χ0v) is 33.8. The summed E-state index contributed by atoms with van der Waals surface area (Å²) in [6.07, 6.45) is 5.58. The fraction of sp³-hybridized carbons (Fsp3) is 0.585. The number of nitrogens with zero attached hydrogens (tertiary/aromatic N) is 5. The molecule has 0 aliphatic heterocycles. The minimum absolute atomic E-state index is 0.0656. The molecule has 2 aromatic heterocycles. The smallest absolute Gasteiger partial charge is 0.444 e. The first kappa shape index (κ1) is 40.5. The average Bonchev–Trinajstić information content (AvgIpc) is 3.68. The van der Waals surface area contributed by atoms with Crippen LogP contribution in [0.1, 0.15) is 125 Å². The highest BCUT2D eigenvalue weighted by molar-refractivity contribution is 5.95. The van der Waals surface area contributed by atoms with E-state index in [0.717, 1.165) is 37.1 Å². The summed E-state index contributed by atoms with van der Waals surface area (Å²) in [6, 6.07) is 10.8. The molecule has 4 aliphatic carbocycles. The molecule has 0 radical (unpaired) electrons. The van der Waals surface area contributed by atoms with Gasteiger partial charge in [-0.25, -0.2) is 24.0 Å². The Balaban J connectivity index is 1.16. The molecule has 4 fully saturated rings. The van der Waals surface area contributed by atoms with Crippen LogP contribution in [0.4, 0.5) is 31.6 Å². The lowest BCUT2D eigenvalue weighted by molar-refractivity contribution is -0.384. The largest absolute Gasteiger partial charge is 0.514 e. The van der Waals surface area contributed by atoms with Crippen LogP contribution in [0.2, 0.25) is 0 Å². The number of alkyl carbamates (subject to hydrolysis) is 1. The van der Waals surface area contributed by atoms with E-state index >= 15 is 0 Å². The summed E-state index contributed by atoms with van der Waals surface area (Å²) in [4.78, 5) is 55.8. The molecule has 15 heteroatoms. The Kier molecular flexibility index (Phi) is 10.6. The number of hydrogen-bond acceptors (Lipinski definition) is 11. The number of aromatic nitrogens is 3. The molecule has 2 bridgehead atoms. The van der Waals surface area contributed by atoms with Crippen LogP contribution in [-0.4, -0.2) is 60.9 Å². The zero-order chi connectivity index (χ0) is 40.8. The quantitative estimate of drug-likeness (QED) is 0.0683. The number of hydrogen-bond donors (Lipinski definition) is 1. The number of carbonyl (C=O) groups excluding carboxylic acids is 3. The highest BCUT2D eigenvalue weighted by Crippen LogP contribution is 2.69. The molecule has 3 aromatic rings. The number of ether oxygens (including phenoxy) is 4. The fourth-order valence-electron chi connectivity index (χ4n) is 8.14. The van der Waals surface area contributed by atoms with Crippen molar-refractivity contribution in [2.75, 3.05) is 4.90 Å². The van der Waals surface area contributed by atoms with E-state index in [4.69, 9.17) is 24.0 Å². The minimum Gasteiger partial charge on any atom is -0.444 e. The summed E-state index contributed by atoms with van der Waals surface area (Å²) in [7, 11) is 0. The fourth-order valence-corrected chi connectivity index (χ4v) is 8.14. The van der Waals surface area contributed by atoms with E-state index in [0.29, 0.717) is 37.2 Å². The maximum atomic E-state index is 14.1. The second-order valence-corrected chi connectivity index (χ2v) is 18.6. The number of pyridine rings is 1. The van der Waals surface area contributed by atoms with E-state index in [9.17, 15) is 24.5 Å². The van der Waals surface area contributed by atoms with Crippen molar-refractivity contribution in [3.05, 3.63) is 70.2 Å². The van der Waals surface area contributed by atoms with Crippen LogP contribution >= 0.6 is 0 Å². The molecule has 15 nitrogen and oxygen atoms in total. The average molecular weight is 775 g/mol. The van der Waals surface area contributed by atoms with Gasteiger partial charge in [0.25, 0.3) is 5.69 Å². The van der Waals surface area contributed by atoms with Crippen LogP contribution < -0.4 is 15.0 Å². The molecule has 7 rings (SSSR count). The number of aryl methyl sites for hydroxylation is 1. The summed E-state index contributed by atoms with van der Waals surface area (Å²) >= 11 is 0. The molecule has 2 heterocycles. The Morgan fingerprint density at radius 1 is 0.946 bits per heavy atom. The Bertz CT molecular complexity index is 1950. The third-order valence-electron chi connectivity index (χ3n) is 10.3. The van der Waals surface area contributed by atoms with Gasteiger partial charge in [-0.2, -0.15) is 5.10 Å². The summed E-state index contributed by atoms with van der Waals surface area (Å²) < 4.78 is 24.2. The molecule has 302 valence electrons. The van der Waals surface area contributed by atoms with Gasteiger partial charge in [-0.15, -0.1) is 0 Å². The maximum absolute atomic E-state index is 14.1. The van der Waals surface area contributed by atoms with Crippen molar-refractivity contribution in [1.29, 1.82) is 0 Å². The Morgan fingerprint density at radius 3 is 2.21 bits per heavy atom. The van der Waals surface area contributed by atoms with Gasteiger partial charge in [-0.05, 0) is 143 Å². The third kappa shape index (κ3) is 9.42. The molecule has 0 spiro atoms. The molecule has 0 unspecified atom stereocenters. The zero-order valence-electron chi connectivity index (χ0n) is 33.8. The highest BCUT2D eigenvalue weighted by Gasteiger charge is 2.68. The molecular weight excluding hydrogens is 720 g/mol. The van der Waals surface area contributed by atoms with Crippen LogP contribution in [-0.2, 0) is 26.2 Å². The van der Waals surface area contributed by atoms with Gasteiger partial charge < -0.3 is 24.3 Å². The number of anilines is 2. The molecule has 2 amide bonds. The van der Waals surface area contributed by atoms with Gasteiger partial charge in [-0.1, -0.05) is 0 Å². The van der Waals surface area contributed by atoms with Crippen molar-refractivity contribution >= 4 is 35.5 Å². The number of carbonyl (C=O) groups is 3. The van der Waals surface area contributed by atoms with Crippen molar-refractivity contribution in [3.63, 3.8) is 0 Å². The number of nitro benzene ring substituents is 1. The monoisotopic (exact) mass is 774 g/mol. The molecule has 4 aliphatic rings. The van der Waals surface area contributed by atoms with Crippen LogP contribution in [0, 0.1) is 15.5 Å². The first-order chi connectivity index (χ1) is 26.0. The Labute approximate surface area is 327 Å². The number of nitro groups is 1. The van der Waals surface area contributed by atoms with Crippen molar-refractivity contribution in [2.45, 2.75) is 148 Å². The van der Waals surface area contributed by atoms with Gasteiger partial charge in [-0.3, -0.25) is 15.1 Å². The number of amides is 2. The molecule has 4 saturated carbocycles. The number of non-ortho nitro benzene ring substituents is 1. The predicted molar refractivity (Wildman–Crippen MR) is 207 cm³/mol. The van der Waals surface area contributed by atoms with Crippen LogP contribution in [0.25, 0.3) is 0 Å². The second kappa shape index (κ2) is 14.7. The van der Waals surface area contributed by atoms with Crippen LogP contribution in [0.3, 0.4) is 0 Å². The van der Waals surface area contributed by atoms with Gasteiger partial charge in [0.2, 0.25) is 0 Å². The third-order valence-corrected chi connectivity index (χ3v) is 10.3. The number of benzene rings is 1. The summed E-state index contributed by atoms with van der Waals surface area (Å²) in [5.41, 5.74) is 0.211. The van der Waals surface area contributed by atoms with Gasteiger partial charge >= 0.3 is 18.3 Å². The molecular formula is C41H54N6O9. The van der Waals surface area contributed by atoms with Crippen molar-refractivity contribution < 1.29 is 38.3 Å². The van der Waals surface area contributed by atoms with E-state index in [-0.39, 0.29) is 34.4 Å². The van der Waals surface area contributed by atoms with E-state index < -0.39 is 40.0 Å². The highest BCUT2D eigenvalue weighted by atomic mass is 16.7. The van der Waals surface area contributed by atoms with Crippen molar-refractivity contribution in [1.82, 2.24) is 20.1 Å². The lowest BCUT2D eigenvalue weighted by Crippen LogP contribution is -2.74. The summed E-state index contributed by atoms with van der Waals surface area (Å²) in [6.45, 7) is 17.1. The maximum Gasteiger partial charge on any atom is 0.514 e. The normalized spacial score (nSPS) is 22.9. The van der Waals surface area contributed by atoms with Gasteiger partial charge in [0.1, 0.15) is 28.9 Å². The minimum atomic E-state index is -0.888.